The summed E-state index contributed by atoms with van der Waals surface area (Å²) in [5.74, 6) is -1.86. The molecule has 4 rings (SSSR count). The summed E-state index contributed by atoms with van der Waals surface area (Å²) in [7, 11) is -3.91. The maximum Gasteiger partial charge on any atom is 0.308 e. The van der Waals surface area contributed by atoms with Gasteiger partial charge >= 0.3 is 5.97 Å². The first-order valence-corrected chi connectivity index (χ1v) is 13.6. The van der Waals surface area contributed by atoms with E-state index in [2.05, 4.69) is 0 Å². The van der Waals surface area contributed by atoms with E-state index in [9.17, 15) is 18.3 Å². The molecule has 1 heterocycles. The molecule has 3 aromatic rings. The Morgan fingerprint density at radius 1 is 0.941 bits per heavy atom. The lowest BCUT2D eigenvalue weighted by molar-refractivity contribution is -0.143. The highest BCUT2D eigenvalue weighted by Crippen LogP contribution is 2.44. The fourth-order valence-electron chi connectivity index (χ4n) is 4.20. The second kappa shape index (κ2) is 10.1. The molecule has 5 nitrogen and oxygen atoms in total. The SMILES string of the molecule is Cc1ccc([C@@H]2C[C@@H](Sc3ccc(Cl)cc3)[C@H](C(=O)O)CN2S(=O)(=O)c2ccc(C)cc2)cc1. The number of rotatable bonds is 6. The lowest BCUT2D eigenvalue weighted by atomic mass is 9.90. The zero-order valence-electron chi connectivity index (χ0n) is 18.9. The first-order chi connectivity index (χ1) is 16.1. The largest absolute Gasteiger partial charge is 0.481 e. The van der Waals surface area contributed by atoms with Crippen LogP contribution in [-0.4, -0.2) is 35.6 Å². The van der Waals surface area contributed by atoms with Crippen LogP contribution in [-0.2, 0) is 14.8 Å². The van der Waals surface area contributed by atoms with E-state index in [1.807, 2.05) is 50.2 Å². The van der Waals surface area contributed by atoms with E-state index in [1.54, 1.807) is 36.4 Å². The minimum Gasteiger partial charge on any atom is -0.481 e. The number of hydrogen-bond donors (Lipinski definition) is 1. The van der Waals surface area contributed by atoms with Gasteiger partial charge in [0.05, 0.1) is 16.9 Å². The Balaban J connectivity index is 1.75. The third-order valence-electron chi connectivity index (χ3n) is 6.14. The van der Waals surface area contributed by atoms with Crippen LogP contribution >= 0.6 is 23.4 Å². The molecule has 0 bridgehead atoms. The quantitative estimate of drug-likeness (QED) is 0.438. The molecule has 3 aromatic carbocycles. The number of sulfonamides is 1. The van der Waals surface area contributed by atoms with E-state index in [-0.39, 0.29) is 16.7 Å². The Labute approximate surface area is 209 Å². The molecule has 1 fully saturated rings. The molecule has 1 N–H and O–H groups in total. The molecule has 0 saturated carbocycles. The zero-order valence-corrected chi connectivity index (χ0v) is 21.3. The highest BCUT2D eigenvalue weighted by Gasteiger charge is 2.45. The number of carbonyl (C=O) groups is 1. The minimum atomic E-state index is -3.91. The van der Waals surface area contributed by atoms with Gasteiger partial charge in [-0.15, -0.1) is 11.8 Å². The summed E-state index contributed by atoms with van der Waals surface area (Å²) in [6.07, 6.45) is 0.373. The van der Waals surface area contributed by atoms with E-state index >= 15 is 0 Å². The fourth-order valence-corrected chi connectivity index (χ4v) is 7.26. The number of aliphatic carboxylic acids is 1. The van der Waals surface area contributed by atoms with Crippen LogP contribution in [0.25, 0.3) is 0 Å². The molecule has 1 aliphatic heterocycles. The summed E-state index contributed by atoms with van der Waals surface area (Å²) < 4.78 is 28.8. The van der Waals surface area contributed by atoms with Crippen molar-refractivity contribution in [2.75, 3.05) is 6.54 Å². The van der Waals surface area contributed by atoms with E-state index < -0.39 is 28.0 Å². The number of piperidine rings is 1. The number of halogens is 1. The number of carboxylic acids is 1. The van der Waals surface area contributed by atoms with Crippen molar-refractivity contribution in [3.8, 4) is 0 Å². The third kappa shape index (κ3) is 5.33. The van der Waals surface area contributed by atoms with Gasteiger partial charge in [-0.3, -0.25) is 4.79 Å². The molecule has 0 aliphatic carbocycles. The molecule has 0 radical (unpaired) electrons. The molecular formula is C26H26ClNO4S2. The highest BCUT2D eigenvalue weighted by molar-refractivity contribution is 8.00. The molecule has 178 valence electrons. The summed E-state index contributed by atoms with van der Waals surface area (Å²) in [4.78, 5) is 13.4. The topological polar surface area (TPSA) is 74.7 Å². The predicted octanol–water partition coefficient (Wildman–Crippen LogP) is 5.95. The number of benzene rings is 3. The van der Waals surface area contributed by atoms with Crippen LogP contribution in [0.2, 0.25) is 5.02 Å². The predicted molar refractivity (Wildman–Crippen MR) is 136 cm³/mol. The van der Waals surface area contributed by atoms with Crippen LogP contribution in [0.5, 0.6) is 0 Å². The molecular weight excluding hydrogens is 490 g/mol. The Bertz CT molecular complexity index is 1260. The van der Waals surface area contributed by atoms with Gasteiger partial charge in [-0.05, 0) is 62.2 Å². The average molecular weight is 516 g/mol. The van der Waals surface area contributed by atoms with Crippen molar-refractivity contribution in [1.82, 2.24) is 4.31 Å². The van der Waals surface area contributed by atoms with E-state index in [4.69, 9.17) is 11.6 Å². The normalized spacial score (nSPS) is 21.3. The zero-order chi connectivity index (χ0) is 24.5. The Morgan fingerprint density at radius 2 is 1.50 bits per heavy atom. The van der Waals surface area contributed by atoms with Crippen molar-refractivity contribution < 1.29 is 18.3 Å². The number of aryl methyl sites for hydroxylation is 2. The maximum absolute atomic E-state index is 13.7. The highest BCUT2D eigenvalue weighted by atomic mass is 35.5. The van der Waals surface area contributed by atoms with Gasteiger partial charge in [0.25, 0.3) is 0 Å². The van der Waals surface area contributed by atoms with Crippen LogP contribution in [0.15, 0.2) is 82.6 Å². The van der Waals surface area contributed by atoms with Crippen molar-refractivity contribution in [2.24, 2.45) is 5.92 Å². The Morgan fingerprint density at radius 3 is 2.06 bits per heavy atom. The molecule has 8 heteroatoms. The van der Waals surface area contributed by atoms with Crippen LogP contribution in [0.4, 0.5) is 0 Å². The van der Waals surface area contributed by atoms with Crippen LogP contribution in [0.1, 0.15) is 29.2 Å². The summed E-state index contributed by atoms with van der Waals surface area (Å²) in [5, 5.41) is 10.4. The smallest absolute Gasteiger partial charge is 0.308 e. The average Bonchev–Trinajstić information content (AvgIpc) is 2.81. The molecule has 0 spiro atoms. The Kier molecular flexibility index (Phi) is 7.38. The molecule has 0 aromatic heterocycles. The van der Waals surface area contributed by atoms with Crippen molar-refractivity contribution in [3.05, 3.63) is 94.5 Å². The molecule has 0 unspecified atom stereocenters. The van der Waals surface area contributed by atoms with Crippen molar-refractivity contribution >= 4 is 39.4 Å². The monoisotopic (exact) mass is 515 g/mol. The van der Waals surface area contributed by atoms with Gasteiger partial charge in [0, 0.05) is 21.7 Å². The number of thioether (sulfide) groups is 1. The molecule has 0 amide bonds. The molecule has 1 aliphatic rings. The maximum atomic E-state index is 13.7. The van der Waals surface area contributed by atoms with Crippen LogP contribution < -0.4 is 0 Å². The summed E-state index contributed by atoms with van der Waals surface area (Å²) in [6.45, 7) is 3.77. The summed E-state index contributed by atoms with van der Waals surface area (Å²) in [5.41, 5.74) is 2.88. The van der Waals surface area contributed by atoms with Crippen molar-refractivity contribution in [3.63, 3.8) is 0 Å². The molecule has 34 heavy (non-hydrogen) atoms. The number of hydrogen-bond acceptors (Lipinski definition) is 4. The van der Waals surface area contributed by atoms with E-state index in [0.29, 0.717) is 11.4 Å². The molecule has 1 saturated heterocycles. The van der Waals surface area contributed by atoms with Crippen LogP contribution in [0.3, 0.4) is 0 Å². The van der Waals surface area contributed by atoms with Gasteiger partial charge in [0.2, 0.25) is 10.0 Å². The van der Waals surface area contributed by atoms with Gasteiger partial charge in [-0.2, -0.15) is 4.31 Å². The lowest BCUT2D eigenvalue weighted by Crippen LogP contribution is -2.49. The van der Waals surface area contributed by atoms with Gasteiger partial charge in [-0.25, -0.2) is 8.42 Å². The van der Waals surface area contributed by atoms with E-state index in [1.165, 1.54) is 16.1 Å². The van der Waals surface area contributed by atoms with Gasteiger partial charge in [0.15, 0.2) is 0 Å². The second-order valence-corrected chi connectivity index (χ2v) is 12.2. The number of carboxylic acid groups (broad SMARTS) is 1. The van der Waals surface area contributed by atoms with Crippen molar-refractivity contribution in [1.29, 1.82) is 0 Å². The van der Waals surface area contributed by atoms with Crippen molar-refractivity contribution in [2.45, 2.75) is 41.4 Å². The fraction of sp³-hybridized carbons (Fsp3) is 0.269. The van der Waals surface area contributed by atoms with Gasteiger partial charge in [-0.1, -0.05) is 59.1 Å². The first kappa shape index (κ1) is 24.8. The van der Waals surface area contributed by atoms with Crippen LogP contribution in [0, 0.1) is 19.8 Å². The summed E-state index contributed by atoms with van der Waals surface area (Å²) in [6, 6.07) is 21.2. The Hall–Kier alpha value is -2.32. The van der Waals surface area contributed by atoms with Gasteiger partial charge < -0.3 is 5.11 Å². The summed E-state index contributed by atoms with van der Waals surface area (Å²) >= 11 is 7.47. The third-order valence-corrected chi connectivity index (χ3v) is 9.65. The first-order valence-electron chi connectivity index (χ1n) is 11.0. The lowest BCUT2D eigenvalue weighted by Gasteiger charge is -2.41. The number of nitrogens with zero attached hydrogens (tertiary/aromatic N) is 1. The standard InChI is InChI=1S/C26H26ClNO4S2/c1-17-3-7-19(8-4-17)24-15-25(33-21-11-9-20(27)10-12-21)23(26(29)30)16-28(24)34(31,32)22-13-5-18(2)6-14-22/h3-14,23-25H,15-16H2,1-2H3,(H,29,30)/t23-,24+,25-/m1/s1. The van der Waals surface area contributed by atoms with E-state index in [0.717, 1.165) is 21.6 Å². The minimum absolute atomic E-state index is 0.102. The molecule has 3 atom stereocenters. The van der Waals surface area contributed by atoms with Gasteiger partial charge in [0.1, 0.15) is 0 Å². The second-order valence-electron chi connectivity index (χ2n) is 8.60.